The standard InChI is InChI=1S/C10H12BrN3/c1-12-6-9-4-7-3-8(11)5-13-10(7)14(9)2/h3-5,12H,6H2,1-2H3. The van der Waals surface area contributed by atoms with Gasteiger partial charge in [0.2, 0.25) is 0 Å². The second-order valence-corrected chi connectivity index (χ2v) is 4.21. The number of hydrogen-bond acceptors (Lipinski definition) is 2. The Bertz CT molecular complexity index is 462. The Morgan fingerprint density at radius 1 is 1.50 bits per heavy atom. The van der Waals surface area contributed by atoms with Crippen molar-refractivity contribution in [2.24, 2.45) is 7.05 Å². The molecule has 0 radical (unpaired) electrons. The minimum Gasteiger partial charge on any atom is -0.331 e. The van der Waals surface area contributed by atoms with Gasteiger partial charge in [0.15, 0.2) is 0 Å². The van der Waals surface area contributed by atoms with E-state index in [0.29, 0.717) is 0 Å². The molecule has 0 unspecified atom stereocenters. The van der Waals surface area contributed by atoms with Gasteiger partial charge in [0, 0.05) is 35.3 Å². The molecule has 3 nitrogen and oxygen atoms in total. The molecule has 2 rings (SSSR count). The Labute approximate surface area is 91.3 Å². The lowest BCUT2D eigenvalue weighted by Crippen LogP contribution is -2.08. The molecule has 74 valence electrons. The van der Waals surface area contributed by atoms with Crippen molar-refractivity contribution in [2.45, 2.75) is 6.54 Å². The summed E-state index contributed by atoms with van der Waals surface area (Å²) >= 11 is 3.42. The highest BCUT2D eigenvalue weighted by Crippen LogP contribution is 2.20. The molecule has 0 spiro atoms. The predicted octanol–water partition coefficient (Wildman–Crippen LogP) is 2.06. The van der Waals surface area contributed by atoms with Crippen LogP contribution < -0.4 is 5.32 Å². The van der Waals surface area contributed by atoms with E-state index in [0.717, 1.165) is 16.7 Å². The van der Waals surface area contributed by atoms with Gasteiger partial charge in [-0.2, -0.15) is 0 Å². The largest absolute Gasteiger partial charge is 0.331 e. The fraction of sp³-hybridized carbons (Fsp3) is 0.300. The van der Waals surface area contributed by atoms with E-state index < -0.39 is 0 Å². The smallest absolute Gasteiger partial charge is 0.139 e. The van der Waals surface area contributed by atoms with Crippen molar-refractivity contribution >= 4 is 27.0 Å². The summed E-state index contributed by atoms with van der Waals surface area (Å²) in [6, 6.07) is 4.24. The molecule has 0 aliphatic carbocycles. The van der Waals surface area contributed by atoms with Crippen LogP contribution in [0.1, 0.15) is 5.69 Å². The molecule has 14 heavy (non-hydrogen) atoms. The summed E-state index contributed by atoms with van der Waals surface area (Å²) in [7, 11) is 3.98. The molecule has 0 aromatic carbocycles. The lowest BCUT2D eigenvalue weighted by molar-refractivity contribution is 0.742. The molecule has 0 aliphatic heterocycles. The quantitative estimate of drug-likeness (QED) is 0.888. The number of fused-ring (bicyclic) bond motifs is 1. The third-order valence-corrected chi connectivity index (χ3v) is 2.72. The van der Waals surface area contributed by atoms with E-state index in [2.05, 4.69) is 42.9 Å². The van der Waals surface area contributed by atoms with Gasteiger partial charge in [-0.25, -0.2) is 4.98 Å². The third-order valence-electron chi connectivity index (χ3n) is 2.29. The van der Waals surface area contributed by atoms with Crippen molar-refractivity contribution in [3.8, 4) is 0 Å². The van der Waals surface area contributed by atoms with Crippen LogP contribution in [0.4, 0.5) is 0 Å². The lowest BCUT2D eigenvalue weighted by Gasteiger charge is -2.01. The maximum absolute atomic E-state index is 4.37. The molecular formula is C10H12BrN3. The molecule has 0 saturated carbocycles. The van der Waals surface area contributed by atoms with Crippen LogP contribution in [0.25, 0.3) is 11.0 Å². The number of halogens is 1. The summed E-state index contributed by atoms with van der Waals surface area (Å²) in [5.41, 5.74) is 2.27. The number of rotatable bonds is 2. The van der Waals surface area contributed by atoms with E-state index in [9.17, 15) is 0 Å². The Balaban J connectivity index is 2.61. The first-order chi connectivity index (χ1) is 6.72. The molecule has 4 heteroatoms. The van der Waals surface area contributed by atoms with Crippen LogP contribution in [0.2, 0.25) is 0 Å². The maximum atomic E-state index is 4.37. The number of nitrogens with one attached hydrogen (secondary N) is 1. The van der Waals surface area contributed by atoms with Gasteiger partial charge in [0.05, 0.1) is 0 Å². The summed E-state index contributed by atoms with van der Waals surface area (Å²) in [6.45, 7) is 0.866. The Morgan fingerprint density at radius 2 is 2.29 bits per heavy atom. The molecule has 0 atom stereocenters. The minimum absolute atomic E-state index is 0.866. The van der Waals surface area contributed by atoms with Gasteiger partial charge < -0.3 is 9.88 Å². The van der Waals surface area contributed by atoms with Gasteiger partial charge in [-0.15, -0.1) is 0 Å². The molecule has 0 saturated heterocycles. The van der Waals surface area contributed by atoms with E-state index in [1.54, 1.807) is 0 Å². The van der Waals surface area contributed by atoms with Crippen LogP contribution in [-0.4, -0.2) is 16.6 Å². The van der Waals surface area contributed by atoms with Crippen LogP contribution in [0.5, 0.6) is 0 Å². The van der Waals surface area contributed by atoms with Crippen LogP contribution in [0.15, 0.2) is 22.8 Å². The molecule has 0 amide bonds. The zero-order chi connectivity index (χ0) is 10.1. The fourth-order valence-corrected chi connectivity index (χ4v) is 1.95. The SMILES string of the molecule is CNCc1cc2cc(Br)cnc2n1C. The van der Waals surface area contributed by atoms with Crippen molar-refractivity contribution < 1.29 is 0 Å². The summed E-state index contributed by atoms with van der Waals surface area (Å²) < 4.78 is 3.13. The lowest BCUT2D eigenvalue weighted by atomic mass is 10.3. The van der Waals surface area contributed by atoms with E-state index in [1.165, 1.54) is 11.1 Å². The van der Waals surface area contributed by atoms with E-state index >= 15 is 0 Å². The number of aromatic nitrogens is 2. The van der Waals surface area contributed by atoms with Gasteiger partial charge in [-0.3, -0.25) is 0 Å². The zero-order valence-electron chi connectivity index (χ0n) is 8.21. The molecule has 2 heterocycles. The highest BCUT2D eigenvalue weighted by molar-refractivity contribution is 9.10. The van der Waals surface area contributed by atoms with Crippen LogP contribution in [0, 0.1) is 0 Å². The van der Waals surface area contributed by atoms with Gasteiger partial charge in [0.25, 0.3) is 0 Å². The summed E-state index contributed by atoms with van der Waals surface area (Å²) in [6.07, 6.45) is 1.82. The van der Waals surface area contributed by atoms with Gasteiger partial charge in [-0.05, 0) is 35.1 Å². The molecule has 0 aliphatic rings. The van der Waals surface area contributed by atoms with Gasteiger partial charge >= 0.3 is 0 Å². The molecule has 1 N–H and O–H groups in total. The second kappa shape index (κ2) is 3.71. The van der Waals surface area contributed by atoms with Crippen molar-refractivity contribution in [3.63, 3.8) is 0 Å². The van der Waals surface area contributed by atoms with Crippen molar-refractivity contribution in [1.82, 2.24) is 14.9 Å². The molecule has 0 bridgehead atoms. The van der Waals surface area contributed by atoms with Crippen molar-refractivity contribution in [3.05, 3.63) is 28.5 Å². The Morgan fingerprint density at radius 3 is 3.00 bits per heavy atom. The average Bonchev–Trinajstić information content (AvgIpc) is 2.44. The monoisotopic (exact) mass is 253 g/mol. The van der Waals surface area contributed by atoms with Gasteiger partial charge in [0.1, 0.15) is 5.65 Å². The number of hydrogen-bond donors (Lipinski definition) is 1. The minimum atomic E-state index is 0.866. The first-order valence-electron chi connectivity index (χ1n) is 4.47. The first kappa shape index (κ1) is 9.68. The summed E-state index contributed by atoms with van der Waals surface area (Å²) in [5.74, 6) is 0. The van der Waals surface area contributed by atoms with Crippen molar-refractivity contribution in [2.75, 3.05) is 7.05 Å². The predicted molar refractivity (Wildman–Crippen MR) is 61.2 cm³/mol. The van der Waals surface area contributed by atoms with E-state index in [-0.39, 0.29) is 0 Å². The third kappa shape index (κ3) is 1.55. The normalized spacial score (nSPS) is 11.1. The van der Waals surface area contributed by atoms with Crippen molar-refractivity contribution in [1.29, 1.82) is 0 Å². The van der Waals surface area contributed by atoms with Crippen LogP contribution in [-0.2, 0) is 13.6 Å². The van der Waals surface area contributed by atoms with E-state index in [1.807, 2.05) is 20.3 Å². The summed E-state index contributed by atoms with van der Waals surface area (Å²) in [5, 5.41) is 4.31. The van der Waals surface area contributed by atoms with Gasteiger partial charge in [-0.1, -0.05) is 0 Å². The molecular weight excluding hydrogens is 242 g/mol. The molecule has 2 aromatic rings. The molecule has 2 aromatic heterocycles. The molecule has 0 fully saturated rings. The number of nitrogens with zero attached hydrogens (tertiary/aromatic N) is 2. The van der Waals surface area contributed by atoms with Crippen LogP contribution >= 0.6 is 15.9 Å². The zero-order valence-corrected chi connectivity index (χ0v) is 9.80. The average molecular weight is 254 g/mol. The Kier molecular flexibility index (Phi) is 2.56. The fourth-order valence-electron chi connectivity index (χ4n) is 1.60. The number of pyridine rings is 1. The highest BCUT2D eigenvalue weighted by Gasteiger charge is 2.05. The highest BCUT2D eigenvalue weighted by atomic mass is 79.9. The first-order valence-corrected chi connectivity index (χ1v) is 5.26. The summed E-state index contributed by atoms with van der Waals surface area (Å²) in [4.78, 5) is 4.37. The second-order valence-electron chi connectivity index (χ2n) is 3.29. The van der Waals surface area contributed by atoms with Crippen LogP contribution in [0.3, 0.4) is 0 Å². The topological polar surface area (TPSA) is 29.9 Å². The van der Waals surface area contributed by atoms with E-state index in [4.69, 9.17) is 0 Å². The maximum Gasteiger partial charge on any atom is 0.139 e. The Hall–Kier alpha value is -0.870. The number of aryl methyl sites for hydroxylation is 1.